The highest BCUT2D eigenvalue weighted by Crippen LogP contribution is 2.26. The number of rotatable bonds is 11. The minimum atomic E-state index is -0.234. The molecule has 41 heavy (non-hydrogen) atoms. The zero-order chi connectivity index (χ0) is 28.6. The van der Waals surface area contributed by atoms with Crippen molar-refractivity contribution in [3.8, 4) is 0 Å². The van der Waals surface area contributed by atoms with Gasteiger partial charge in [0.2, 0.25) is 5.91 Å². The van der Waals surface area contributed by atoms with Gasteiger partial charge < -0.3 is 19.9 Å². The van der Waals surface area contributed by atoms with Crippen LogP contribution in [-0.4, -0.2) is 34.5 Å². The molecule has 3 aromatic carbocycles. The normalized spacial score (nSPS) is 11.0. The van der Waals surface area contributed by atoms with Crippen LogP contribution in [0.5, 0.6) is 0 Å². The number of anilines is 1. The van der Waals surface area contributed by atoms with Crippen LogP contribution in [0.2, 0.25) is 0 Å². The van der Waals surface area contributed by atoms with Gasteiger partial charge >= 0.3 is 0 Å². The number of hydrogen-bond acceptors (Lipinski definition) is 4. The van der Waals surface area contributed by atoms with E-state index in [1.165, 1.54) is 11.1 Å². The van der Waals surface area contributed by atoms with Gasteiger partial charge in [0.05, 0.1) is 6.61 Å². The van der Waals surface area contributed by atoms with Gasteiger partial charge in [0.25, 0.3) is 5.91 Å². The Balaban J connectivity index is 1.34. The number of nitrogens with one attached hydrogen (secondary N) is 2. The third-order valence-electron chi connectivity index (χ3n) is 6.99. The van der Waals surface area contributed by atoms with Crippen molar-refractivity contribution in [2.75, 3.05) is 18.5 Å². The van der Waals surface area contributed by atoms with E-state index in [1.807, 2.05) is 77.4 Å². The van der Waals surface area contributed by atoms with Crippen LogP contribution in [0.4, 0.5) is 5.69 Å². The number of pyridine rings is 1. The number of nitrogens with zero attached hydrogens (tertiary/aromatic N) is 2. The first-order valence-corrected chi connectivity index (χ1v) is 13.8. The van der Waals surface area contributed by atoms with Gasteiger partial charge in [-0.15, -0.1) is 0 Å². The Morgan fingerprint density at radius 2 is 1.73 bits per heavy atom. The maximum atomic E-state index is 13.4. The van der Waals surface area contributed by atoms with E-state index in [1.54, 1.807) is 6.20 Å². The largest absolute Gasteiger partial charge is 0.367 e. The summed E-state index contributed by atoms with van der Waals surface area (Å²) >= 11 is 0. The maximum absolute atomic E-state index is 13.4. The van der Waals surface area contributed by atoms with Crippen molar-refractivity contribution in [1.82, 2.24) is 14.9 Å². The van der Waals surface area contributed by atoms with E-state index in [4.69, 9.17) is 4.74 Å². The topological polar surface area (TPSA) is 85.3 Å². The summed E-state index contributed by atoms with van der Waals surface area (Å²) in [5.41, 5.74) is 7.56. The molecule has 2 amide bonds. The highest BCUT2D eigenvalue weighted by atomic mass is 16.5. The van der Waals surface area contributed by atoms with Crippen LogP contribution in [0.3, 0.4) is 0 Å². The van der Waals surface area contributed by atoms with Crippen molar-refractivity contribution >= 4 is 28.4 Å². The first-order chi connectivity index (χ1) is 20.0. The SMILES string of the molecule is Cc1ccc(C)c(Cn2c(C(=O)NCCc3ccccn3)cc3cc(NC(=O)COCc4ccccc4)ccc32)c1. The van der Waals surface area contributed by atoms with Crippen molar-refractivity contribution in [3.63, 3.8) is 0 Å². The van der Waals surface area contributed by atoms with Gasteiger partial charge in [-0.05, 0) is 66.9 Å². The molecule has 0 saturated carbocycles. The summed E-state index contributed by atoms with van der Waals surface area (Å²) in [5.74, 6) is -0.384. The summed E-state index contributed by atoms with van der Waals surface area (Å²) in [5, 5.41) is 6.84. The molecule has 0 atom stereocenters. The summed E-state index contributed by atoms with van der Waals surface area (Å²) in [7, 11) is 0. The first-order valence-electron chi connectivity index (χ1n) is 13.8. The van der Waals surface area contributed by atoms with E-state index >= 15 is 0 Å². The number of amides is 2. The number of carbonyl (C=O) groups is 2. The van der Waals surface area contributed by atoms with Gasteiger partial charge in [-0.25, -0.2) is 0 Å². The zero-order valence-corrected chi connectivity index (χ0v) is 23.4. The van der Waals surface area contributed by atoms with E-state index < -0.39 is 0 Å². The molecule has 2 heterocycles. The van der Waals surface area contributed by atoms with Gasteiger partial charge in [0, 0.05) is 48.0 Å². The molecule has 0 bridgehead atoms. The second kappa shape index (κ2) is 13.1. The number of carbonyl (C=O) groups excluding carboxylic acids is 2. The summed E-state index contributed by atoms with van der Waals surface area (Å²) in [6.07, 6.45) is 2.40. The quantitative estimate of drug-likeness (QED) is 0.218. The van der Waals surface area contributed by atoms with Crippen molar-refractivity contribution in [1.29, 1.82) is 0 Å². The Morgan fingerprint density at radius 3 is 2.54 bits per heavy atom. The molecule has 0 saturated heterocycles. The van der Waals surface area contributed by atoms with Gasteiger partial charge in [-0.2, -0.15) is 0 Å². The predicted octanol–water partition coefficient (Wildman–Crippen LogP) is 5.83. The van der Waals surface area contributed by atoms with Crippen molar-refractivity contribution in [3.05, 3.63) is 131 Å². The fourth-order valence-electron chi connectivity index (χ4n) is 4.82. The Hall–Kier alpha value is -4.75. The molecule has 5 rings (SSSR count). The molecule has 0 aliphatic rings. The molecule has 2 N–H and O–H groups in total. The van der Waals surface area contributed by atoms with E-state index in [9.17, 15) is 9.59 Å². The third kappa shape index (κ3) is 7.26. The first kappa shape index (κ1) is 27.8. The number of aryl methyl sites for hydroxylation is 2. The minimum absolute atomic E-state index is 0.0511. The molecule has 7 heteroatoms. The Labute approximate surface area is 240 Å². The standard InChI is InChI=1S/C34H34N4O3/c1-24-11-12-25(2)28(18-24)21-38-31-14-13-30(37-33(39)23-41-22-26-8-4-3-5-9-26)19-27(31)20-32(38)34(40)36-17-15-29-10-6-7-16-35-29/h3-14,16,18-20H,15,17,21-23H2,1-2H3,(H,36,40)(H,37,39). The van der Waals surface area contributed by atoms with Crippen molar-refractivity contribution < 1.29 is 14.3 Å². The molecule has 0 unspecified atom stereocenters. The van der Waals surface area contributed by atoms with Crippen LogP contribution in [0, 0.1) is 13.8 Å². The lowest BCUT2D eigenvalue weighted by molar-refractivity contribution is -0.121. The van der Waals surface area contributed by atoms with E-state index in [-0.39, 0.29) is 18.4 Å². The van der Waals surface area contributed by atoms with Gasteiger partial charge in [-0.3, -0.25) is 14.6 Å². The average Bonchev–Trinajstić information content (AvgIpc) is 3.33. The Bertz CT molecular complexity index is 1650. The molecule has 208 valence electrons. The number of aromatic nitrogens is 2. The highest BCUT2D eigenvalue weighted by Gasteiger charge is 2.17. The van der Waals surface area contributed by atoms with E-state index in [2.05, 4.69) is 47.7 Å². The summed E-state index contributed by atoms with van der Waals surface area (Å²) in [6, 6.07) is 29.5. The number of fused-ring (bicyclic) bond motifs is 1. The van der Waals surface area contributed by atoms with Crippen molar-refractivity contribution in [2.45, 2.75) is 33.4 Å². The van der Waals surface area contributed by atoms with E-state index in [0.29, 0.717) is 37.5 Å². The minimum Gasteiger partial charge on any atom is -0.367 e. The fourth-order valence-corrected chi connectivity index (χ4v) is 4.82. The van der Waals surface area contributed by atoms with Crippen LogP contribution in [0.1, 0.15) is 38.4 Å². The van der Waals surface area contributed by atoms with Gasteiger partial charge in [0.15, 0.2) is 0 Å². The van der Waals surface area contributed by atoms with Crippen LogP contribution in [-0.2, 0) is 29.1 Å². The Morgan fingerprint density at radius 1 is 0.902 bits per heavy atom. The molecule has 7 nitrogen and oxygen atoms in total. The molecule has 0 aliphatic heterocycles. The van der Waals surface area contributed by atoms with Crippen LogP contribution < -0.4 is 10.6 Å². The summed E-state index contributed by atoms with van der Waals surface area (Å²) in [4.78, 5) is 30.3. The lowest BCUT2D eigenvalue weighted by Gasteiger charge is -2.14. The van der Waals surface area contributed by atoms with Crippen LogP contribution >= 0.6 is 0 Å². The smallest absolute Gasteiger partial charge is 0.267 e. The lowest BCUT2D eigenvalue weighted by Crippen LogP contribution is -2.28. The van der Waals surface area contributed by atoms with Crippen molar-refractivity contribution in [2.24, 2.45) is 0 Å². The second-order valence-corrected chi connectivity index (χ2v) is 10.2. The monoisotopic (exact) mass is 546 g/mol. The molecule has 5 aromatic rings. The molecule has 0 fully saturated rings. The van der Waals surface area contributed by atoms with Gasteiger partial charge in [-0.1, -0.05) is 60.2 Å². The maximum Gasteiger partial charge on any atom is 0.267 e. The molecule has 0 aliphatic carbocycles. The third-order valence-corrected chi connectivity index (χ3v) is 6.99. The lowest BCUT2D eigenvalue weighted by atomic mass is 10.1. The fraction of sp³-hybridized carbons (Fsp3) is 0.206. The summed E-state index contributed by atoms with van der Waals surface area (Å²) < 4.78 is 7.62. The summed E-state index contributed by atoms with van der Waals surface area (Å²) in [6.45, 7) is 5.50. The number of ether oxygens (including phenoxy) is 1. The van der Waals surface area contributed by atoms with Crippen LogP contribution in [0.15, 0.2) is 97.2 Å². The molecular formula is C34H34N4O3. The average molecular weight is 547 g/mol. The molecule has 0 spiro atoms. The second-order valence-electron chi connectivity index (χ2n) is 10.2. The predicted molar refractivity (Wildman–Crippen MR) is 162 cm³/mol. The van der Waals surface area contributed by atoms with E-state index in [0.717, 1.165) is 27.7 Å². The molecule has 0 radical (unpaired) electrons. The van der Waals surface area contributed by atoms with Crippen LogP contribution in [0.25, 0.3) is 10.9 Å². The number of hydrogen-bond donors (Lipinski definition) is 2. The van der Waals surface area contributed by atoms with Gasteiger partial charge in [0.1, 0.15) is 12.3 Å². The zero-order valence-electron chi connectivity index (χ0n) is 23.4. The highest BCUT2D eigenvalue weighted by molar-refractivity contribution is 6.00. The Kier molecular flexibility index (Phi) is 8.86. The number of benzene rings is 3. The molecule has 2 aromatic heterocycles. The molecular weight excluding hydrogens is 512 g/mol.